The number of ether oxygens (including phenoxy) is 2. The highest BCUT2D eigenvalue weighted by Crippen LogP contribution is 2.06. The Labute approximate surface area is 79.6 Å². The minimum absolute atomic E-state index is 0.265. The molecule has 0 aromatic heterocycles. The van der Waals surface area contributed by atoms with E-state index in [0.29, 0.717) is 19.8 Å². The zero-order valence-electron chi connectivity index (χ0n) is 8.85. The van der Waals surface area contributed by atoms with Crippen molar-refractivity contribution in [2.75, 3.05) is 26.9 Å². The fourth-order valence-corrected chi connectivity index (χ4v) is 1.15. The highest BCUT2D eigenvalue weighted by Gasteiger charge is 2.33. The van der Waals surface area contributed by atoms with Gasteiger partial charge in [0.1, 0.15) is 5.54 Å². The molecule has 0 heterocycles. The molecule has 78 valence electrons. The molecule has 1 N–H and O–H groups in total. The van der Waals surface area contributed by atoms with Gasteiger partial charge in [-0.1, -0.05) is 6.92 Å². The van der Waals surface area contributed by atoms with Crippen molar-refractivity contribution < 1.29 is 14.3 Å². The van der Waals surface area contributed by atoms with Gasteiger partial charge in [-0.25, -0.2) is 4.79 Å². The number of likely N-dealkylation sites (N-methyl/N-ethyl adjacent to an activating group) is 1. The van der Waals surface area contributed by atoms with Crippen molar-refractivity contribution in [1.82, 2.24) is 5.32 Å². The maximum atomic E-state index is 11.5. The molecule has 0 rings (SSSR count). The van der Waals surface area contributed by atoms with Crippen LogP contribution in [0.3, 0.4) is 0 Å². The van der Waals surface area contributed by atoms with Crippen LogP contribution >= 0.6 is 0 Å². The third kappa shape index (κ3) is 3.74. The molecule has 4 nitrogen and oxygen atoms in total. The summed E-state index contributed by atoms with van der Waals surface area (Å²) in [7, 11) is 1.56. The Balaban J connectivity index is 4.27. The van der Waals surface area contributed by atoms with E-state index >= 15 is 0 Å². The lowest BCUT2D eigenvalue weighted by Crippen LogP contribution is -2.53. The van der Waals surface area contributed by atoms with Crippen LogP contribution in [0.5, 0.6) is 0 Å². The van der Waals surface area contributed by atoms with Gasteiger partial charge in [-0.2, -0.15) is 0 Å². The molecule has 0 bridgehead atoms. The Morgan fingerprint density at radius 1 is 1.46 bits per heavy atom. The highest BCUT2D eigenvalue weighted by atomic mass is 16.5. The number of carbonyl (C=O) groups excluding carboxylic acids is 1. The number of carbonyl (C=O) groups is 1. The summed E-state index contributed by atoms with van der Waals surface area (Å²) in [5.41, 5.74) is -0.723. The lowest BCUT2D eigenvalue weighted by atomic mass is 10.0. The number of rotatable bonds is 6. The summed E-state index contributed by atoms with van der Waals surface area (Å²) in [4.78, 5) is 11.5. The molecule has 0 aromatic carbocycles. The smallest absolute Gasteiger partial charge is 0.328 e. The summed E-state index contributed by atoms with van der Waals surface area (Å²) in [6.07, 6.45) is 0. The lowest BCUT2D eigenvalue weighted by molar-refractivity contribution is -0.152. The van der Waals surface area contributed by atoms with Crippen molar-refractivity contribution in [1.29, 1.82) is 0 Å². The summed E-state index contributed by atoms with van der Waals surface area (Å²) in [5.74, 6) is -0.265. The molecular weight excluding hydrogens is 170 g/mol. The molecule has 0 aliphatic heterocycles. The Morgan fingerprint density at radius 2 is 2.08 bits per heavy atom. The van der Waals surface area contributed by atoms with E-state index in [0.717, 1.165) is 0 Å². The number of hydrogen-bond donors (Lipinski definition) is 1. The fourth-order valence-electron chi connectivity index (χ4n) is 1.15. The topological polar surface area (TPSA) is 47.6 Å². The third-order valence-corrected chi connectivity index (χ3v) is 1.73. The standard InChI is InChI=1S/C9H19NO3/c1-5-10-9(3,7-12-4)8(11)13-6-2/h10H,5-7H2,1-4H3. The number of esters is 1. The zero-order chi connectivity index (χ0) is 10.3. The van der Waals surface area contributed by atoms with E-state index in [-0.39, 0.29) is 5.97 Å². The van der Waals surface area contributed by atoms with Gasteiger partial charge in [-0.05, 0) is 20.4 Å². The molecule has 13 heavy (non-hydrogen) atoms. The predicted octanol–water partition coefficient (Wildman–Crippen LogP) is 0.564. The van der Waals surface area contributed by atoms with Crippen LogP contribution in [0, 0.1) is 0 Å². The van der Waals surface area contributed by atoms with Crippen molar-refractivity contribution in [3.63, 3.8) is 0 Å². The first kappa shape index (κ1) is 12.4. The predicted molar refractivity (Wildman–Crippen MR) is 50.6 cm³/mol. The molecule has 0 saturated carbocycles. The second kappa shape index (κ2) is 5.94. The largest absolute Gasteiger partial charge is 0.465 e. The van der Waals surface area contributed by atoms with Gasteiger partial charge < -0.3 is 14.8 Å². The van der Waals surface area contributed by atoms with E-state index in [4.69, 9.17) is 9.47 Å². The second-order valence-electron chi connectivity index (χ2n) is 3.02. The second-order valence-corrected chi connectivity index (χ2v) is 3.02. The van der Waals surface area contributed by atoms with Gasteiger partial charge in [0.2, 0.25) is 0 Å². The third-order valence-electron chi connectivity index (χ3n) is 1.73. The van der Waals surface area contributed by atoms with E-state index in [9.17, 15) is 4.79 Å². The highest BCUT2D eigenvalue weighted by molar-refractivity contribution is 5.80. The summed E-state index contributed by atoms with van der Waals surface area (Å²) in [6.45, 7) is 6.92. The average Bonchev–Trinajstić information content (AvgIpc) is 2.05. The number of nitrogens with one attached hydrogen (secondary N) is 1. The Bertz CT molecular complexity index is 153. The van der Waals surface area contributed by atoms with Crippen molar-refractivity contribution in [3.8, 4) is 0 Å². The minimum Gasteiger partial charge on any atom is -0.465 e. The van der Waals surface area contributed by atoms with Crippen LogP contribution in [0.4, 0.5) is 0 Å². The molecule has 0 aliphatic rings. The molecule has 0 saturated heterocycles. The van der Waals surface area contributed by atoms with Gasteiger partial charge in [0.15, 0.2) is 0 Å². The Morgan fingerprint density at radius 3 is 2.46 bits per heavy atom. The van der Waals surface area contributed by atoms with E-state index in [1.807, 2.05) is 6.92 Å². The summed E-state index contributed by atoms with van der Waals surface area (Å²) in [5, 5.41) is 3.04. The van der Waals surface area contributed by atoms with Gasteiger partial charge in [0, 0.05) is 7.11 Å². The van der Waals surface area contributed by atoms with Crippen LogP contribution in [-0.4, -0.2) is 38.4 Å². The monoisotopic (exact) mass is 189 g/mol. The van der Waals surface area contributed by atoms with Crippen molar-refractivity contribution in [2.24, 2.45) is 0 Å². The molecule has 1 unspecified atom stereocenters. The van der Waals surface area contributed by atoms with Crippen LogP contribution in [0.2, 0.25) is 0 Å². The minimum atomic E-state index is -0.723. The molecule has 4 heteroatoms. The van der Waals surface area contributed by atoms with E-state index in [1.54, 1.807) is 21.0 Å². The van der Waals surface area contributed by atoms with Gasteiger partial charge >= 0.3 is 5.97 Å². The number of methoxy groups -OCH3 is 1. The van der Waals surface area contributed by atoms with Gasteiger partial charge in [0.25, 0.3) is 0 Å². The van der Waals surface area contributed by atoms with Gasteiger partial charge in [-0.15, -0.1) is 0 Å². The van der Waals surface area contributed by atoms with Crippen LogP contribution in [0.15, 0.2) is 0 Å². The van der Waals surface area contributed by atoms with Crippen LogP contribution in [0.25, 0.3) is 0 Å². The first-order chi connectivity index (χ1) is 6.10. The summed E-state index contributed by atoms with van der Waals surface area (Å²) >= 11 is 0. The van der Waals surface area contributed by atoms with Gasteiger partial charge in [-0.3, -0.25) is 0 Å². The maximum absolute atomic E-state index is 11.5. The molecule has 0 aliphatic carbocycles. The summed E-state index contributed by atoms with van der Waals surface area (Å²) < 4.78 is 9.89. The van der Waals surface area contributed by atoms with E-state index in [1.165, 1.54) is 0 Å². The molecule has 0 aromatic rings. The Hall–Kier alpha value is -0.610. The van der Waals surface area contributed by atoms with E-state index in [2.05, 4.69) is 5.32 Å². The fraction of sp³-hybridized carbons (Fsp3) is 0.889. The molecule has 0 fully saturated rings. The van der Waals surface area contributed by atoms with Crippen LogP contribution in [0.1, 0.15) is 20.8 Å². The molecular formula is C9H19NO3. The first-order valence-electron chi connectivity index (χ1n) is 4.52. The lowest BCUT2D eigenvalue weighted by Gasteiger charge is -2.26. The normalized spacial score (nSPS) is 15.1. The van der Waals surface area contributed by atoms with Gasteiger partial charge in [0.05, 0.1) is 13.2 Å². The first-order valence-corrected chi connectivity index (χ1v) is 4.52. The number of hydrogen-bond acceptors (Lipinski definition) is 4. The van der Waals surface area contributed by atoms with Crippen molar-refractivity contribution in [3.05, 3.63) is 0 Å². The molecule has 1 atom stereocenters. The van der Waals surface area contributed by atoms with Crippen molar-refractivity contribution in [2.45, 2.75) is 26.3 Å². The molecule has 0 amide bonds. The Kier molecular flexibility index (Phi) is 5.66. The molecule has 0 radical (unpaired) electrons. The summed E-state index contributed by atoms with van der Waals surface area (Å²) in [6, 6.07) is 0. The average molecular weight is 189 g/mol. The maximum Gasteiger partial charge on any atom is 0.328 e. The quantitative estimate of drug-likeness (QED) is 0.620. The SMILES string of the molecule is CCNC(C)(COC)C(=O)OCC. The van der Waals surface area contributed by atoms with Crippen molar-refractivity contribution >= 4 is 5.97 Å². The van der Waals surface area contributed by atoms with Crippen LogP contribution < -0.4 is 5.32 Å². The van der Waals surface area contributed by atoms with Crippen LogP contribution in [-0.2, 0) is 14.3 Å². The van der Waals surface area contributed by atoms with E-state index < -0.39 is 5.54 Å². The zero-order valence-corrected chi connectivity index (χ0v) is 8.85. The molecule has 0 spiro atoms.